The summed E-state index contributed by atoms with van der Waals surface area (Å²) in [7, 11) is 0. The van der Waals surface area contributed by atoms with Crippen molar-refractivity contribution in [2.24, 2.45) is 5.92 Å². The first-order valence-corrected chi connectivity index (χ1v) is 13.4. The van der Waals surface area contributed by atoms with E-state index in [1.165, 1.54) is 16.5 Å². The molecule has 0 unspecified atom stereocenters. The topological polar surface area (TPSA) is 138 Å². The highest BCUT2D eigenvalue weighted by molar-refractivity contribution is 6.29. The van der Waals surface area contributed by atoms with Gasteiger partial charge in [0, 0.05) is 30.0 Å². The van der Waals surface area contributed by atoms with E-state index in [0.717, 1.165) is 38.8 Å². The number of hydrogen-bond acceptors (Lipinski definition) is 7. The molecule has 5 rings (SSSR count). The van der Waals surface area contributed by atoms with E-state index in [1.54, 1.807) is 36.4 Å². The molecule has 12 heteroatoms. The maximum absolute atomic E-state index is 13.3. The first-order valence-electron chi connectivity index (χ1n) is 13.0. The molecule has 0 bridgehead atoms. The SMILES string of the molecule is CC(=O)c1nn(CC(=O)N(CC(=O)Nc2cccc(Cl)n2)C2CC2)c2ccc(NC(=O)C3CCNCC3)cc12. The summed E-state index contributed by atoms with van der Waals surface area (Å²) in [4.78, 5) is 56.7. The molecule has 1 aromatic carbocycles. The van der Waals surface area contributed by atoms with Crippen molar-refractivity contribution in [3.05, 3.63) is 47.2 Å². The maximum Gasteiger partial charge on any atom is 0.245 e. The Morgan fingerprint density at radius 1 is 1.08 bits per heavy atom. The number of halogens is 1. The quantitative estimate of drug-likeness (QED) is 0.274. The number of rotatable bonds is 9. The number of Topliss-reactive ketones (excluding diaryl/α,β-unsaturated/α-hetero) is 1. The summed E-state index contributed by atoms with van der Waals surface area (Å²) in [5, 5.41) is 14.1. The Morgan fingerprint density at radius 2 is 1.85 bits per heavy atom. The molecule has 204 valence electrons. The van der Waals surface area contributed by atoms with Crippen molar-refractivity contribution in [2.45, 2.75) is 45.2 Å². The summed E-state index contributed by atoms with van der Waals surface area (Å²) >= 11 is 5.89. The van der Waals surface area contributed by atoms with E-state index in [0.29, 0.717) is 22.4 Å². The molecular weight excluding hydrogens is 522 g/mol. The van der Waals surface area contributed by atoms with Crippen molar-refractivity contribution < 1.29 is 19.2 Å². The monoisotopic (exact) mass is 551 g/mol. The van der Waals surface area contributed by atoms with Gasteiger partial charge in [-0.1, -0.05) is 17.7 Å². The fraction of sp³-hybridized carbons (Fsp3) is 0.407. The van der Waals surface area contributed by atoms with Crippen molar-refractivity contribution in [1.29, 1.82) is 0 Å². The number of benzene rings is 1. The van der Waals surface area contributed by atoms with Gasteiger partial charge in [0.15, 0.2) is 5.78 Å². The first kappa shape index (κ1) is 26.8. The van der Waals surface area contributed by atoms with Crippen molar-refractivity contribution >= 4 is 57.5 Å². The van der Waals surface area contributed by atoms with Gasteiger partial charge in [0.1, 0.15) is 29.8 Å². The van der Waals surface area contributed by atoms with Crippen LogP contribution < -0.4 is 16.0 Å². The lowest BCUT2D eigenvalue weighted by Crippen LogP contribution is -2.41. The van der Waals surface area contributed by atoms with E-state index in [2.05, 4.69) is 26.0 Å². The van der Waals surface area contributed by atoms with Gasteiger partial charge in [-0.3, -0.25) is 23.9 Å². The Balaban J connectivity index is 1.31. The minimum Gasteiger partial charge on any atom is -0.329 e. The third kappa shape index (κ3) is 6.43. The second kappa shape index (κ2) is 11.5. The highest BCUT2D eigenvalue weighted by Crippen LogP contribution is 2.28. The molecule has 1 saturated carbocycles. The molecule has 0 radical (unpaired) electrons. The lowest BCUT2D eigenvalue weighted by molar-refractivity contribution is -0.135. The van der Waals surface area contributed by atoms with E-state index in [1.807, 2.05) is 0 Å². The largest absolute Gasteiger partial charge is 0.329 e. The number of ketones is 1. The number of piperidine rings is 1. The molecule has 3 amide bonds. The zero-order valence-corrected chi connectivity index (χ0v) is 22.3. The van der Waals surface area contributed by atoms with Gasteiger partial charge >= 0.3 is 0 Å². The molecule has 1 aliphatic carbocycles. The Hall–Kier alpha value is -3.83. The third-order valence-corrected chi connectivity index (χ3v) is 7.16. The standard InChI is InChI=1S/C27H30ClN7O4/c1-16(36)26-20-13-18(30-27(39)17-9-11-29-12-10-17)5-8-21(20)35(33-26)15-25(38)34(19-6-7-19)14-24(37)32-23-4-2-3-22(28)31-23/h2-5,8,13,17,19,29H,6-7,9-12,14-15H2,1H3,(H,30,39)(H,31,32,37). The van der Waals surface area contributed by atoms with Crippen LogP contribution in [0.15, 0.2) is 36.4 Å². The van der Waals surface area contributed by atoms with Crippen LogP contribution in [0, 0.1) is 5.92 Å². The molecule has 39 heavy (non-hydrogen) atoms. The minimum absolute atomic E-state index is 0.0264. The van der Waals surface area contributed by atoms with Crippen LogP contribution >= 0.6 is 11.6 Å². The van der Waals surface area contributed by atoms with Gasteiger partial charge in [0.2, 0.25) is 17.7 Å². The average Bonchev–Trinajstić information content (AvgIpc) is 3.69. The van der Waals surface area contributed by atoms with Crippen LogP contribution in [0.5, 0.6) is 0 Å². The van der Waals surface area contributed by atoms with Crippen LogP contribution in [0.1, 0.15) is 43.1 Å². The number of fused-ring (bicyclic) bond motifs is 1. The fourth-order valence-electron chi connectivity index (χ4n) is 4.81. The number of aromatic nitrogens is 3. The van der Waals surface area contributed by atoms with Gasteiger partial charge in [-0.15, -0.1) is 0 Å². The summed E-state index contributed by atoms with van der Waals surface area (Å²) < 4.78 is 1.48. The lowest BCUT2D eigenvalue weighted by Gasteiger charge is -2.22. The number of carbonyl (C=O) groups is 4. The van der Waals surface area contributed by atoms with Crippen LogP contribution in [0.2, 0.25) is 5.15 Å². The number of nitrogens with zero attached hydrogens (tertiary/aromatic N) is 4. The molecule has 0 atom stereocenters. The predicted molar refractivity (Wildman–Crippen MR) is 147 cm³/mol. The normalized spacial score (nSPS) is 15.6. The second-order valence-electron chi connectivity index (χ2n) is 9.95. The summed E-state index contributed by atoms with van der Waals surface area (Å²) in [6.45, 7) is 2.76. The number of hydrogen-bond donors (Lipinski definition) is 3. The van der Waals surface area contributed by atoms with Crippen molar-refractivity contribution in [1.82, 2.24) is 25.0 Å². The van der Waals surface area contributed by atoms with E-state index in [-0.39, 0.29) is 59.4 Å². The van der Waals surface area contributed by atoms with Crippen LogP contribution in [0.25, 0.3) is 10.9 Å². The van der Waals surface area contributed by atoms with E-state index < -0.39 is 0 Å². The van der Waals surface area contributed by atoms with Crippen LogP contribution in [-0.4, -0.2) is 68.8 Å². The Morgan fingerprint density at radius 3 is 2.54 bits per heavy atom. The van der Waals surface area contributed by atoms with Gasteiger partial charge in [-0.25, -0.2) is 4.98 Å². The van der Waals surface area contributed by atoms with Gasteiger partial charge in [-0.05, 0) is 69.1 Å². The van der Waals surface area contributed by atoms with Crippen LogP contribution in [-0.2, 0) is 20.9 Å². The Kier molecular flexibility index (Phi) is 7.89. The van der Waals surface area contributed by atoms with Gasteiger partial charge < -0.3 is 20.9 Å². The lowest BCUT2D eigenvalue weighted by atomic mass is 9.97. The van der Waals surface area contributed by atoms with E-state index >= 15 is 0 Å². The summed E-state index contributed by atoms with van der Waals surface area (Å²) in [5.74, 6) is -0.712. The summed E-state index contributed by atoms with van der Waals surface area (Å²) in [6.07, 6.45) is 3.18. The molecular formula is C27H30ClN7O4. The number of carbonyl (C=O) groups excluding carboxylic acids is 4. The zero-order chi connectivity index (χ0) is 27.5. The second-order valence-corrected chi connectivity index (χ2v) is 10.3. The zero-order valence-electron chi connectivity index (χ0n) is 21.6. The minimum atomic E-state index is -0.381. The van der Waals surface area contributed by atoms with Gasteiger partial charge in [0.25, 0.3) is 0 Å². The predicted octanol–water partition coefficient (Wildman–Crippen LogP) is 2.86. The molecule has 2 aliphatic rings. The highest BCUT2D eigenvalue weighted by atomic mass is 35.5. The van der Waals surface area contributed by atoms with Gasteiger partial charge in [0.05, 0.1) is 5.52 Å². The van der Waals surface area contributed by atoms with E-state index in [9.17, 15) is 19.2 Å². The van der Waals surface area contributed by atoms with Crippen molar-refractivity contribution in [2.75, 3.05) is 30.3 Å². The van der Waals surface area contributed by atoms with Crippen LogP contribution in [0.3, 0.4) is 0 Å². The van der Waals surface area contributed by atoms with E-state index in [4.69, 9.17) is 11.6 Å². The van der Waals surface area contributed by atoms with Crippen molar-refractivity contribution in [3.8, 4) is 0 Å². The van der Waals surface area contributed by atoms with Crippen LogP contribution in [0.4, 0.5) is 11.5 Å². The highest BCUT2D eigenvalue weighted by Gasteiger charge is 2.34. The first-order chi connectivity index (χ1) is 18.8. The molecule has 0 spiro atoms. The fourth-order valence-corrected chi connectivity index (χ4v) is 4.97. The Bertz CT molecular complexity index is 1430. The number of pyridine rings is 1. The molecule has 1 saturated heterocycles. The van der Waals surface area contributed by atoms with Gasteiger partial charge in [-0.2, -0.15) is 5.10 Å². The molecule has 3 aromatic rings. The van der Waals surface area contributed by atoms with Crippen molar-refractivity contribution in [3.63, 3.8) is 0 Å². The molecule has 3 N–H and O–H groups in total. The molecule has 1 aliphatic heterocycles. The summed E-state index contributed by atoms with van der Waals surface area (Å²) in [6, 6.07) is 10.1. The molecule has 3 heterocycles. The molecule has 2 fully saturated rings. The maximum atomic E-state index is 13.3. The molecule has 11 nitrogen and oxygen atoms in total. The third-order valence-electron chi connectivity index (χ3n) is 6.95. The molecule has 2 aromatic heterocycles. The number of nitrogens with one attached hydrogen (secondary N) is 3. The number of amides is 3. The number of anilines is 2. The smallest absolute Gasteiger partial charge is 0.245 e. The summed E-state index contributed by atoms with van der Waals surface area (Å²) in [5.41, 5.74) is 1.39. The average molecular weight is 552 g/mol. The Labute approximate surface area is 230 Å².